The van der Waals surface area contributed by atoms with Crippen molar-refractivity contribution in [2.75, 3.05) is 4.90 Å². The number of amides is 3. The third kappa shape index (κ3) is 2.28. The molecular formula is C20H17N5O3. The number of piperidine rings is 1. The van der Waals surface area contributed by atoms with Gasteiger partial charge in [0, 0.05) is 29.1 Å². The zero-order valence-corrected chi connectivity index (χ0v) is 14.8. The van der Waals surface area contributed by atoms with Gasteiger partial charge in [0.25, 0.3) is 5.91 Å². The number of nitrogens with two attached hydrogens (primary N) is 1. The van der Waals surface area contributed by atoms with Gasteiger partial charge in [-0.05, 0) is 29.5 Å². The van der Waals surface area contributed by atoms with Gasteiger partial charge in [-0.15, -0.1) is 0 Å². The highest BCUT2D eigenvalue weighted by atomic mass is 16.2. The number of benzene rings is 2. The number of carbonyl (C=O) groups excluding carboxylic acids is 3. The summed E-state index contributed by atoms with van der Waals surface area (Å²) in [5.74, 6) is -0.981. The van der Waals surface area contributed by atoms with Crippen LogP contribution < -0.4 is 16.0 Å². The van der Waals surface area contributed by atoms with Crippen LogP contribution in [0, 0.1) is 0 Å². The van der Waals surface area contributed by atoms with Gasteiger partial charge in [-0.1, -0.05) is 18.2 Å². The molecule has 1 fully saturated rings. The number of H-pyrrole nitrogens is 1. The average Bonchev–Trinajstić information content (AvgIpc) is 3.31. The van der Waals surface area contributed by atoms with Gasteiger partial charge in [0.15, 0.2) is 0 Å². The standard InChI is InChI=1S/C20H17N5O3/c21-18(10-8-22-23-9-10)12-4-5-14-17-11(12)2-1-3-13(17)20(28)25(14)15-6-7-16(26)24-19(15)27/h1-5,8-9,15,18H,6-7,21H2,(H,22,23)(H,24,26,27). The van der Waals surface area contributed by atoms with Crippen LogP contribution in [0.25, 0.3) is 10.8 Å². The van der Waals surface area contributed by atoms with Gasteiger partial charge in [0.05, 0.1) is 17.9 Å². The molecule has 2 atom stereocenters. The molecule has 140 valence electrons. The van der Waals surface area contributed by atoms with Crippen molar-refractivity contribution >= 4 is 34.2 Å². The lowest BCUT2D eigenvalue weighted by atomic mass is 9.94. The molecule has 0 saturated carbocycles. The highest BCUT2D eigenvalue weighted by Gasteiger charge is 2.41. The predicted molar refractivity (Wildman–Crippen MR) is 102 cm³/mol. The van der Waals surface area contributed by atoms with E-state index in [2.05, 4.69) is 15.5 Å². The molecule has 2 aromatic carbocycles. The predicted octanol–water partition coefficient (Wildman–Crippen LogP) is 1.38. The first-order valence-corrected chi connectivity index (χ1v) is 9.03. The molecule has 3 amide bonds. The highest BCUT2D eigenvalue weighted by molar-refractivity contribution is 6.27. The Morgan fingerprint density at radius 2 is 2.04 bits per heavy atom. The van der Waals surface area contributed by atoms with Crippen molar-refractivity contribution in [3.05, 3.63) is 59.4 Å². The Morgan fingerprint density at radius 3 is 2.79 bits per heavy atom. The fourth-order valence-corrected chi connectivity index (χ4v) is 4.15. The number of hydrogen-bond acceptors (Lipinski definition) is 5. The number of carbonyl (C=O) groups is 3. The zero-order valence-electron chi connectivity index (χ0n) is 14.8. The molecule has 8 heteroatoms. The zero-order chi connectivity index (χ0) is 19.4. The summed E-state index contributed by atoms with van der Waals surface area (Å²) in [6.45, 7) is 0. The second-order valence-corrected chi connectivity index (χ2v) is 7.05. The minimum atomic E-state index is -0.700. The maximum absolute atomic E-state index is 13.1. The smallest absolute Gasteiger partial charge is 0.259 e. The Bertz CT molecular complexity index is 1140. The first-order valence-electron chi connectivity index (χ1n) is 9.03. The summed E-state index contributed by atoms with van der Waals surface area (Å²) < 4.78 is 0. The van der Waals surface area contributed by atoms with Crippen LogP contribution in [0.3, 0.4) is 0 Å². The first-order chi connectivity index (χ1) is 13.6. The number of aromatic nitrogens is 2. The van der Waals surface area contributed by atoms with E-state index < -0.39 is 18.0 Å². The number of rotatable bonds is 3. The van der Waals surface area contributed by atoms with Crippen LogP contribution in [0.15, 0.2) is 42.7 Å². The fraction of sp³-hybridized carbons (Fsp3) is 0.200. The van der Waals surface area contributed by atoms with E-state index in [4.69, 9.17) is 5.73 Å². The molecule has 0 aliphatic carbocycles. The van der Waals surface area contributed by atoms with Crippen molar-refractivity contribution in [1.29, 1.82) is 0 Å². The largest absolute Gasteiger partial charge is 0.320 e. The number of aromatic amines is 1. The van der Waals surface area contributed by atoms with Crippen molar-refractivity contribution in [1.82, 2.24) is 15.5 Å². The molecule has 2 aliphatic rings. The van der Waals surface area contributed by atoms with Crippen LogP contribution in [0.5, 0.6) is 0 Å². The highest BCUT2D eigenvalue weighted by Crippen LogP contribution is 2.42. The molecule has 2 aliphatic heterocycles. The van der Waals surface area contributed by atoms with Crippen LogP contribution >= 0.6 is 0 Å². The number of hydrogen-bond donors (Lipinski definition) is 3. The molecule has 0 spiro atoms. The third-order valence-electron chi connectivity index (χ3n) is 5.50. The van der Waals surface area contributed by atoms with Crippen molar-refractivity contribution in [3.63, 3.8) is 0 Å². The van der Waals surface area contributed by atoms with Crippen LogP contribution in [0.2, 0.25) is 0 Å². The molecule has 0 radical (unpaired) electrons. The van der Waals surface area contributed by atoms with E-state index >= 15 is 0 Å². The summed E-state index contributed by atoms with van der Waals surface area (Å²) in [6.07, 6.45) is 3.94. The maximum Gasteiger partial charge on any atom is 0.259 e. The summed E-state index contributed by atoms with van der Waals surface area (Å²) in [7, 11) is 0. The Morgan fingerprint density at radius 1 is 1.18 bits per heavy atom. The van der Waals surface area contributed by atoms with Gasteiger partial charge in [0.1, 0.15) is 6.04 Å². The Labute approximate surface area is 159 Å². The molecular weight excluding hydrogens is 358 g/mol. The number of nitrogens with one attached hydrogen (secondary N) is 2. The van der Waals surface area contributed by atoms with Gasteiger partial charge in [-0.2, -0.15) is 5.10 Å². The minimum absolute atomic E-state index is 0.211. The van der Waals surface area contributed by atoms with E-state index in [1.54, 1.807) is 18.5 Å². The summed E-state index contributed by atoms with van der Waals surface area (Å²) in [4.78, 5) is 38.5. The summed E-state index contributed by atoms with van der Waals surface area (Å²) >= 11 is 0. The van der Waals surface area contributed by atoms with Crippen LogP contribution in [-0.2, 0) is 9.59 Å². The third-order valence-corrected chi connectivity index (χ3v) is 5.50. The van der Waals surface area contributed by atoms with E-state index in [1.165, 1.54) is 4.90 Å². The molecule has 3 heterocycles. The fourth-order valence-electron chi connectivity index (χ4n) is 4.15. The van der Waals surface area contributed by atoms with Crippen LogP contribution in [0.1, 0.15) is 40.4 Å². The lowest BCUT2D eigenvalue weighted by Gasteiger charge is -2.30. The van der Waals surface area contributed by atoms with Gasteiger partial charge >= 0.3 is 0 Å². The van der Waals surface area contributed by atoms with E-state index in [1.807, 2.05) is 24.3 Å². The van der Waals surface area contributed by atoms with Gasteiger partial charge in [-0.3, -0.25) is 29.7 Å². The minimum Gasteiger partial charge on any atom is -0.320 e. The molecule has 3 aromatic rings. The van der Waals surface area contributed by atoms with E-state index in [0.29, 0.717) is 17.7 Å². The van der Waals surface area contributed by atoms with E-state index in [9.17, 15) is 14.4 Å². The summed E-state index contributed by atoms with van der Waals surface area (Å²) in [5, 5.41) is 10.7. The van der Waals surface area contributed by atoms with Crippen molar-refractivity contribution < 1.29 is 14.4 Å². The Kier molecular flexibility index (Phi) is 3.56. The number of nitrogens with zero attached hydrogens (tertiary/aromatic N) is 2. The lowest BCUT2D eigenvalue weighted by Crippen LogP contribution is -2.53. The maximum atomic E-state index is 13.1. The van der Waals surface area contributed by atoms with Gasteiger partial charge in [-0.25, -0.2) is 0 Å². The second kappa shape index (κ2) is 6.00. The quantitative estimate of drug-likeness (QED) is 0.597. The molecule has 4 N–H and O–H groups in total. The van der Waals surface area contributed by atoms with Crippen LogP contribution in [-0.4, -0.2) is 34.0 Å². The molecule has 1 aromatic heterocycles. The second-order valence-electron chi connectivity index (χ2n) is 7.05. The summed E-state index contributed by atoms with van der Waals surface area (Å²) in [5.41, 5.74) is 9.37. The van der Waals surface area contributed by atoms with Crippen molar-refractivity contribution in [2.45, 2.75) is 24.9 Å². The molecule has 5 rings (SSSR count). The number of imide groups is 1. The van der Waals surface area contributed by atoms with Crippen molar-refractivity contribution in [3.8, 4) is 0 Å². The van der Waals surface area contributed by atoms with E-state index in [0.717, 1.165) is 21.9 Å². The van der Waals surface area contributed by atoms with Crippen LogP contribution in [0.4, 0.5) is 5.69 Å². The van der Waals surface area contributed by atoms with Gasteiger partial charge in [0.2, 0.25) is 11.8 Å². The molecule has 8 nitrogen and oxygen atoms in total. The first kappa shape index (κ1) is 16.6. The summed E-state index contributed by atoms with van der Waals surface area (Å²) in [6, 6.07) is 8.12. The average molecular weight is 375 g/mol. The Hall–Kier alpha value is -3.52. The normalized spacial score (nSPS) is 20.0. The molecule has 2 unspecified atom stereocenters. The monoisotopic (exact) mass is 375 g/mol. The SMILES string of the molecule is NC(c1cn[nH]c1)c1ccc2c3c(cccc13)C(=O)N2C1CCC(=O)NC1=O. The molecule has 28 heavy (non-hydrogen) atoms. The lowest BCUT2D eigenvalue weighted by molar-refractivity contribution is -0.134. The molecule has 1 saturated heterocycles. The van der Waals surface area contributed by atoms with Gasteiger partial charge < -0.3 is 5.73 Å². The van der Waals surface area contributed by atoms with E-state index in [-0.39, 0.29) is 18.2 Å². The van der Waals surface area contributed by atoms with Crippen molar-refractivity contribution in [2.24, 2.45) is 5.73 Å². The topological polar surface area (TPSA) is 121 Å². The molecule has 0 bridgehead atoms. The number of anilines is 1. The Balaban J connectivity index is 1.65.